The van der Waals surface area contributed by atoms with Gasteiger partial charge < -0.3 is 14.8 Å². The first-order valence-electron chi connectivity index (χ1n) is 11.9. The second-order valence-electron chi connectivity index (χ2n) is 9.21. The predicted molar refractivity (Wildman–Crippen MR) is 125 cm³/mol. The molecular formula is C26H33N3O3. The van der Waals surface area contributed by atoms with Crippen molar-refractivity contribution in [3.63, 3.8) is 0 Å². The minimum atomic E-state index is -0.254. The highest BCUT2D eigenvalue weighted by molar-refractivity contribution is 5.87. The SMILES string of the molecule is O=C1OCCCCN1c1ccc(OCCN2CC(CN[C@@H]3C[C@H]3c3ccccc3)C2)cc1. The average Bonchev–Trinajstić information content (AvgIpc) is 3.60. The van der Waals surface area contributed by atoms with E-state index in [1.165, 1.54) is 12.0 Å². The summed E-state index contributed by atoms with van der Waals surface area (Å²) in [5.74, 6) is 2.30. The number of amides is 1. The summed E-state index contributed by atoms with van der Waals surface area (Å²) in [6, 6.07) is 19.3. The summed E-state index contributed by atoms with van der Waals surface area (Å²) in [6.45, 7) is 6.27. The molecule has 0 bridgehead atoms. The number of rotatable bonds is 9. The summed E-state index contributed by atoms with van der Waals surface area (Å²) in [7, 11) is 0. The fraction of sp³-hybridized carbons (Fsp3) is 0.500. The van der Waals surface area contributed by atoms with Crippen molar-refractivity contribution in [2.75, 3.05) is 50.8 Å². The number of benzene rings is 2. The molecule has 0 unspecified atom stereocenters. The molecule has 6 nitrogen and oxygen atoms in total. The van der Waals surface area contributed by atoms with Crippen LogP contribution in [0.5, 0.6) is 5.75 Å². The number of cyclic esters (lactones) is 1. The maximum absolute atomic E-state index is 12.0. The van der Waals surface area contributed by atoms with Gasteiger partial charge >= 0.3 is 6.09 Å². The molecule has 0 radical (unpaired) electrons. The van der Waals surface area contributed by atoms with Crippen LogP contribution in [0, 0.1) is 5.92 Å². The Hall–Kier alpha value is -2.57. The number of hydrogen-bond acceptors (Lipinski definition) is 5. The van der Waals surface area contributed by atoms with Gasteiger partial charge in [0.15, 0.2) is 0 Å². The van der Waals surface area contributed by atoms with Crippen molar-refractivity contribution >= 4 is 11.8 Å². The van der Waals surface area contributed by atoms with Crippen LogP contribution in [-0.4, -0.2) is 63.0 Å². The van der Waals surface area contributed by atoms with Gasteiger partial charge in [-0.25, -0.2) is 4.79 Å². The molecule has 170 valence electrons. The summed E-state index contributed by atoms with van der Waals surface area (Å²) in [5, 5.41) is 3.75. The van der Waals surface area contributed by atoms with E-state index in [9.17, 15) is 4.79 Å². The number of carbonyl (C=O) groups excluding carboxylic acids is 1. The van der Waals surface area contributed by atoms with E-state index in [-0.39, 0.29) is 6.09 Å². The smallest absolute Gasteiger partial charge is 0.414 e. The fourth-order valence-electron chi connectivity index (χ4n) is 4.75. The lowest BCUT2D eigenvalue weighted by Gasteiger charge is -2.39. The van der Waals surface area contributed by atoms with Crippen LogP contribution in [0.25, 0.3) is 0 Å². The van der Waals surface area contributed by atoms with Gasteiger partial charge in [-0.05, 0) is 55.0 Å². The number of anilines is 1. The number of likely N-dealkylation sites (tertiary alicyclic amines) is 1. The fourth-order valence-corrected chi connectivity index (χ4v) is 4.75. The second kappa shape index (κ2) is 9.92. The molecule has 2 aliphatic heterocycles. The van der Waals surface area contributed by atoms with Gasteiger partial charge in [0.2, 0.25) is 0 Å². The van der Waals surface area contributed by atoms with E-state index in [1.807, 2.05) is 24.3 Å². The van der Waals surface area contributed by atoms with Gasteiger partial charge in [0.25, 0.3) is 0 Å². The zero-order chi connectivity index (χ0) is 21.8. The van der Waals surface area contributed by atoms with Gasteiger partial charge in [-0.15, -0.1) is 0 Å². The molecule has 0 aromatic heterocycles. The molecule has 32 heavy (non-hydrogen) atoms. The monoisotopic (exact) mass is 435 g/mol. The molecule has 1 amide bonds. The lowest BCUT2D eigenvalue weighted by atomic mass is 10.0. The Labute approximate surface area is 190 Å². The number of ether oxygens (including phenoxy) is 2. The van der Waals surface area contributed by atoms with E-state index in [0.29, 0.717) is 31.7 Å². The third-order valence-electron chi connectivity index (χ3n) is 6.77. The number of nitrogens with one attached hydrogen (secondary N) is 1. The van der Waals surface area contributed by atoms with Crippen LogP contribution in [0.2, 0.25) is 0 Å². The van der Waals surface area contributed by atoms with Crippen molar-refractivity contribution in [1.82, 2.24) is 10.2 Å². The molecule has 2 heterocycles. The van der Waals surface area contributed by atoms with Crippen LogP contribution in [0.4, 0.5) is 10.5 Å². The molecule has 1 aliphatic carbocycles. The topological polar surface area (TPSA) is 54.0 Å². The molecule has 3 aliphatic rings. The molecular weight excluding hydrogens is 402 g/mol. The molecule has 1 N–H and O–H groups in total. The van der Waals surface area contributed by atoms with Crippen LogP contribution in [0.1, 0.15) is 30.7 Å². The van der Waals surface area contributed by atoms with E-state index in [1.54, 1.807) is 4.90 Å². The molecule has 2 saturated heterocycles. The maximum Gasteiger partial charge on any atom is 0.414 e. The highest BCUT2D eigenvalue weighted by atomic mass is 16.6. The quantitative estimate of drug-likeness (QED) is 0.648. The molecule has 3 fully saturated rings. The van der Waals surface area contributed by atoms with Crippen molar-refractivity contribution in [3.8, 4) is 5.75 Å². The van der Waals surface area contributed by atoms with Crippen molar-refractivity contribution in [2.24, 2.45) is 5.92 Å². The van der Waals surface area contributed by atoms with E-state index in [0.717, 1.165) is 56.4 Å². The van der Waals surface area contributed by atoms with Gasteiger partial charge in [0.05, 0.1) is 6.61 Å². The van der Waals surface area contributed by atoms with Crippen molar-refractivity contribution in [3.05, 3.63) is 60.2 Å². The Morgan fingerprint density at radius 3 is 2.66 bits per heavy atom. The lowest BCUT2D eigenvalue weighted by molar-refractivity contribution is 0.0820. The largest absolute Gasteiger partial charge is 0.492 e. The Morgan fingerprint density at radius 2 is 1.84 bits per heavy atom. The van der Waals surface area contributed by atoms with E-state index >= 15 is 0 Å². The van der Waals surface area contributed by atoms with Gasteiger partial charge in [0.1, 0.15) is 12.4 Å². The van der Waals surface area contributed by atoms with Crippen LogP contribution in [0.3, 0.4) is 0 Å². The van der Waals surface area contributed by atoms with Crippen LogP contribution < -0.4 is 15.0 Å². The highest BCUT2D eigenvalue weighted by Crippen LogP contribution is 2.40. The molecule has 2 aromatic carbocycles. The summed E-state index contributed by atoms with van der Waals surface area (Å²) in [6.07, 6.45) is 2.90. The Morgan fingerprint density at radius 1 is 1.03 bits per heavy atom. The van der Waals surface area contributed by atoms with Crippen molar-refractivity contribution in [2.45, 2.75) is 31.2 Å². The van der Waals surface area contributed by atoms with E-state index in [4.69, 9.17) is 9.47 Å². The van der Waals surface area contributed by atoms with Crippen molar-refractivity contribution in [1.29, 1.82) is 0 Å². The summed E-state index contributed by atoms with van der Waals surface area (Å²) in [5.41, 5.74) is 2.34. The molecule has 5 rings (SSSR count). The number of nitrogens with zero attached hydrogens (tertiary/aromatic N) is 2. The molecule has 0 spiro atoms. The van der Waals surface area contributed by atoms with Crippen LogP contribution in [0.15, 0.2) is 54.6 Å². The zero-order valence-electron chi connectivity index (χ0n) is 18.6. The Balaban J connectivity index is 0.965. The first-order chi connectivity index (χ1) is 15.8. The molecule has 2 atom stereocenters. The second-order valence-corrected chi connectivity index (χ2v) is 9.21. The predicted octanol–water partition coefficient (Wildman–Crippen LogP) is 3.88. The molecule has 1 saturated carbocycles. The van der Waals surface area contributed by atoms with Crippen LogP contribution in [-0.2, 0) is 4.74 Å². The third kappa shape index (κ3) is 5.25. The Kier molecular flexibility index (Phi) is 6.60. The first-order valence-corrected chi connectivity index (χ1v) is 11.9. The first kappa shape index (κ1) is 21.3. The van der Waals surface area contributed by atoms with Gasteiger partial charge in [0, 0.05) is 50.4 Å². The maximum atomic E-state index is 12.0. The lowest BCUT2D eigenvalue weighted by Crippen LogP contribution is -2.52. The molecule has 2 aromatic rings. The number of carbonyl (C=O) groups is 1. The average molecular weight is 436 g/mol. The summed E-state index contributed by atoms with van der Waals surface area (Å²) >= 11 is 0. The van der Waals surface area contributed by atoms with Gasteiger partial charge in [-0.1, -0.05) is 30.3 Å². The zero-order valence-corrected chi connectivity index (χ0v) is 18.6. The third-order valence-corrected chi connectivity index (χ3v) is 6.77. The minimum Gasteiger partial charge on any atom is -0.492 e. The standard InChI is InChI=1S/C26H33N3O3/c30-26-29(12-4-5-14-32-26)22-8-10-23(11-9-22)31-15-13-28-18-20(19-28)17-27-25-16-24(25)21-6-2-1-3-7-21/h1-3,6-11,20,24-25,27H,4-5,12-19H2/t24-,25+/m0/s1. The van der Waals surface area contributed by atoms with Crippen LogP contribution >= 0.6 is 0 Å². The van der Waals surface area contributed by atoms with Crippen molar-refractivity contribution < 1.29 is 14.3 Å². The number of hydrogen-bond donors (Lipinski definition) is 1. The summed E-state index contributed by atoms with van der Waals surface area (Å²) in [4.78, 5) is 16.2. The summed E-state index contributed by atoms with van der Waals surface area (Å²) < 4.78 is 11.1. The Bertz CT molecular complexity index is 883. The van der Waals surface area contributed by atoms with E-state index < -0.39 is 0 Å². The van der Waals surface area contributed by atoms with Gasteiger partial charge in [-0.2, -0.15) is 0 Å². The molecule has 6 heteroatoms. The van der Waals surface area contributed by atoms with E-state index in [2.05, 4.69) is 40.5 Å². The highest BCUT2D eigenvalue weighted by Gasteiger charge is 2.38. The van der Waals surface area contributed by atoms with Gasteiger partial charge in [-0.3, -0.25) is 9.80 Å². The normalized spacial score (nSPS) is 23.9. The minimum absolute atomic E-state index is 0.254.